The minimum Gasteiger partial charge on any atom is -0.455 e. The quantitative estimate of drug-likeness (QED) is 0.244. The van der Waals surface area contributed by atoms with Crippen molar-refractivity contribution < 1.29 is 9.05 Å². The van der Waals surface area contributed by atoms with E-state index in [4.69, 9.17) is 20.6 Å². The smallest absolute Gasteiger partial charge is 0.245 e. The second kappa shape index (κ2) is 8.71. The van der Waals surface area contributed by atoms with Crippen molar-refractivity contribution in [3.8, 4) is 11.3 Å². The van der Waals surface area contributed by atoms with Crippen LogP contribution in [0.25, 0.3) is 22.6 Å². The van der Waals surface area contributed by atoms with Crippen molar-refractivity contribution in [1.82, 2.24) is 20.3 Å². The highest BCUT2D eigenvalue weighted by atomic mass is 35.5. The number of nitrogens with one attached hydrogen (secondary N) is 2. The number of hydrogen-bond acceptors (Lipinski definition) is 9. The molecule has 3 aromatic heterocycles. The van der Waals surface area contributed by atoms with Gasteiger partial charge in [-0.15, -0.1) is 0 Å². The maximum Gasteiger partial charge on any atom is 0.245 e. The predicted molar refractivity (Wildman–Crippen MR) is 127 cm³/mol. The van der Waals surface area contributed by atoms with E-state index in [-0.39, 0.29) is 11.3 Å². The van der Waals surface area contributed by atoms with Gasteiger partial charge in [0.05, 0.1) is 6.21 Å². The van der Waals surface area contributed by atoms with Crippen LogP contribution in [0.4, 0.5) is 17.3 Å². The van der Waals surface area contributed by atoms with Crippen molar-refractivity contribution in [2.24, 2.45) is 5.10 Å². The minimum absolute atomic E-state index is 0.266. The average Bonchev–Trinajstić information content (AvgIpc) is 3.47. The zero-order valence-electron chi connectivity index (χ0n) is 17.7. The number of benzene rings is 2. The van der Waals surface area contributed by atoms with E-state index in [0.717, 1.165) is 22.4 Å². The molecule has 0 bridgehead atoms. The molecule has 0 saturated heterocycles. The van der Waals surface area contributed by atoms with Gasteiger partial charge in [0.2, 0.25) is 11.3 Å². The van der Waals surface area contributed by atoms with E-state index in [1.807, 2.05) is 68.4 Å². The van der Waals surface area contributed by atoms with Crippen LogP contribution in [0.3, 0.4) is 0 Å². The molecule has 5 aromatic rings. The molecule has 0 amide bonds. The number of fused-ring (bicyclic) bond motifs is 1. The van der Waals surface area contributed by atoms with Crippen LogP contribution in [-0.4, -0.2) is 26.5 Å². The zero-order chi connectivity index (χ0) is 22.8. The normalized spacial score (nSPS) is 11.4. The van der Waals surface area contributed by atoms with Gasteiger partial charge in [-0.25, -0.2) is 9.61 Å². The molecule has 0 fully saturated rings. The van der Waals surface area contributed by atoms with Crippen LogP contribution in [0.2, 0.25) is 5.02 Å². The monoisotopic (exact) mass is 459 g/mol. The standard InChI is InChI=1S/C23H18ClN7O2/c1-13-4-3-5-18(14(13)2)26-20-21(28-23-22(27-20)30-33-31-23)29-25-12-17-10-11-19(32-17)15-6-8-16(24)9-7-15/h3-12H,1-2H3,(H,26,27,30)(H,28,29,31)/b25-12+. The van der Waals surface area contributed by atoms with Crippen LogP contribution in [0, 0.1) is 13.8 Å². The van der Waals surface area contributed by atoms with Gasteiger partial charge in [0.1, 0.15) is 11.5 Å². The van der Waals surface area contributed by atoms with Gasteiger partial charge in [0, 0.05) is 16.3 Å². The summed E-state index contributed by atoms with van der Waals surface area (Å²) in [6.45, 7) is 4.07. The third kappa shape index (κ3) is 4.39. The van der Waals surface area contributed by atoms with Gasteiger partial charge in [-0.3, -0.25) is 5.43 Å². The second-order valence-corrected chi connectivity index (χ2v) is 7.72. The summed E-state index contributed by atoms with van der Waals surface area (Å²) in [4.78, 5) is 8.88. The molecular formula is C23H18ClN7O2. The van der Waals surface area contributed by atoms with Gasteiger partial charge in [-0.1, -0.05) is 23.7 Å². The Morgan fingerprint density at radius 1 is 0.909 bits per heavy atom. The average molecular weight is 460 g/mol. The van der Waals surface area contributed by atoms with E-state index in [9.17, 15) is 0 Å². The van der Waals surface area contributed by atoms with Crippen LogP contribution >= 0.6 is 11.6 Å². The van der Waals surface area contributed by atoms with Gasteiger partial charge >= 0.3 is 0 Å². The number of aryl methyl sites for hydroxylation is 1. The van der Waals surface area contributed by atoms with Gasteiger partial charge in [0.25, 0.3) is 0 Å². The summed E-state index contributed by atoms with van der Waals surface area (Å²) in [5.74, 6) is 2.07. The SMILES string of the molecule is Cc1cccc(Nc2nc3nonc3nc2N/N=C/c2ccc(-c3ccc(Cl)cc3)o2)c1C. The molecule has 164 valence electrons. The lowest BCUT2D eigenvalue weighted by molar-refractivity contribution is 0.314. The molecule has 2 aromatic carbocycles. The lowest BCUT2D eigenvalue weighted by Crippen LogP contribution is -2.04. The molecule has 0 atom stereocenters. The molecule has 0 spiro atoms. The Bertz CT molecular complexity index is 1460. The van der Waals surface area contributed by atoms with E-state index in [1.165, 1.54) is 0 Å². The van der Waals surface area contributed by atoms with E-state index < -0.39 is 0 Å². The van der Waals surface area contributed by atoms with Crippen molar-refractivity contribution in [3.63, 3.8) is 0 Å². The van der Waals surface area contributed by atoms with Crippen molar-refractivity contribution in [2.75, 3.05) is 10.7 Å². The molecule has 0 unspecified atom stereocenters. The molecule has 10 heteroatoms. The summed E-state index contributed by atoms with van der Waals surface area (Å²) in [5.41, 5.74) is 7.51. The number of rotatable bonds is 6. The van der Waals surface area contributed by atoms with E-state index in [2.05, 4.69) is 36.1 Å². The lowest BCUT2D eigenvalue weighted by Gasteiger charge is -2.12. The molecule has 5 rings (SSSR count). The molecule has 2 N–H and O–H groups in total. The van der Waals surface area contributed by atoms with E-state index in [1.54, 1.807) is 6.21 Å². The second-order valence-electron chi connectivity index (χ2n) is 7.28. The first-order chi connectivity index (χ1) is 16.1. The highest BCUT2D eigenvalue weighted by Gasteiger charge is 2.14. The lowest BCUT2D eigenvalue weighted by atomic mass is 10.1. The maximum absolute atomic E-state index is 5.95. The number of anilines is 3. The van der Waals surface area contributed by atoms with Gasteiger partial charge in [0.15, 0.2) is 11.6 Å². The summed E-state index contributed by atoms with van der Waals surface area (Å²) in [5, 5.41) is 15.8. The number of halogens is 1. The molecular weight excluding hydrogens is 442 g/mol. The number of aromatic nitrogens is 4. The summed E-state index contributed by atoms with van der Waals surface area (Å²) in [6, 6.07) is 17.1. The van der Waals surface area contributed by atoms with E-state index in [0.29, 0.717) is 28.2 Å². The Kier molecular flexibility index (Phi) is 5.45. The zero-order valence-corrected chi connectivity index (χ0v) is 18.5. The Labute approximate surface area is 193 Å². The van der Waals surface area contributed by atoms with Crippen LogP contribution in [0.5, 0.6) is 0 Å². The third-order valence-electron chi connectivity index (χ3n) is 5.09. The van der Waals surface area contributed by atoms with Crippen LogP contribution in [0.1, 0.15) is 16.9 Å². The summed E-state index contributed by atoms with van der Waals surface area (Å²) in [6.07, 6.45) is 1.55. The molecule has 0 aliphatic carbocycles. The van der Waals surface area contributed by atoms with Crippen molar-refractivity contribution in [1.29, 1.82) is 0 Å². The molecule has 0 aliphatic heterocycles. The molecule has 3 heterocycles. The molecule has 9 nitrogen and oxygen atoms in total. The fourth-order valence-corrected chi connectivity index (χ4v) is 3.29. The fraction of sp³-hybridized carbons (Fsp3) is 0.0870. The first-order valence-corrected chi connectivity index (χ1v) is 10.4. The van der Waals surface area contributed by atoms with Gasteiger partial charge in [-0.2, -0.15) is 10.1 Å². The third-order valence-corrected chi connectivity index (χ3v) is 5.34. The van der Waals surface area contributed by atoms with E-state index >= 15 is 0 Å². The Hall–Kier alpha value is -4.24. The van der Waals surface area contributed by atoms with Gasteiger partial charge in [-0.05, 0) is 77.8 Å². The first-order valence-electron chi connectivity index (χ1n) is 10.1. The van der Waals surface area contributed by atoms with Crippen molar-refractivity contribution >= 4 is 46.4 Å². The van der Waals surface area contributed by atoms with Crippen LogP contribution < -0.4 is 10.7 Å². The Balaban J connectivity index is 1.39. The molecule has 0 aliphatic rings. The highest BCUT2D eigenvalue weighted by Crippen LogP contribution is 2.27. The number of hydrogen-bond donors (Lipinski definition) is 2. The largest absolute Gasteiger partial charge is 0.455 e. The fourth-order valence-electron chi connectivity index (χ4n) is 3.17. The first kappa shape index (κ1) is 20.7. The van der Waals surface area contributed by atoms with Crippen LogP contribution in [0.15, 0.2) is 68.7 Å². The summed E-state index contributed by atoms with van der Waals surface area (Å²) in [7, 11) is 0. The number of hydrazone groups is 1. The predicted octanol–water partition coefficient (Wildman–Crippen LogP) is 5.73. The Morgan fingerprint density at radius 2 is 1.67 bits per heavy atom. The van der Waals surface area contributed by atoms with Crippen molar-refractivity contribution in [3.05, 3.63) is 76.5 Å². The summed E-state index contributed by atoms with van der Waals surface area (Å²) >= 11 is 5.95. The van der Waals surface area contributed by atoms with Crippen molar-refractivity contribution in [2.45, 2.75) is 13.8 Å². The molecule has 0 radical (unpaired) electrons. The highest BCUT2D eigenvalue weighted by molar-refractivity contribution is 6.30. The number of nitrogens with zero attached hydrogens (tertiary/aromatic N) is 5. The molecule has 0 saturated carbocycles. The topological polar surface area (TPSA) is 114 Å². The van der Waals surface area contributed by atoms with Gasteiger partial charge < -0.3 is 9.73 Å². The number of furan rings is 1. The summed E-state index contributed by atoms with van der Waals surface area (Å²) < 4.78 is 10.6. The molecule has 33 heavy (non-hydrogen) atoms. The Morgan fingerprint density at radius 3 is 2.45 bits per heavy atom. The maximum atomic E-state index is 5.95. The van der Waals surface area contributed by atoms with Crippen LogP contribution in [-0.2, 0) is 0 Å². The minimum atomic E-state index is 0.266.